The topological polar surface area (TPSA) is 72.5 Å². The second kappa shape index (κ2) is 8.90. The average molecular weight is 377 g/mol. The summed E-state index contributed by atoms with van der Waals surface area (Å²) >= 11 is 0. The van der Waals surface area contributed by atoms with E-state index in [1.54, 1.807) is 38.7 Å². The van der Waals surface area contributed by atoms with Gasteiger partial charge in [-0.05, 0) is 36.2 Å². The largest absolute Gasteiger partial charge is 0.497 e. The number of carbonyl (C=O) groups excluding carboxylic acids is 1. The van der Waals surface area contributed by atoms with Crippen LogP contribution in [-0.4, -0.2) is 25.1 Å². The second-order valence-corrected chi connectivity index (χ2v) is 6.12. The molecule has 0 unspecified atom stereocenters. The van der Waals surface area contributed by atoms with E-state index in [-0.39, 0.29) is 5.91 Å². The van der Waals surface area contributed by atoms with Gasteiger partial charge in [0.25, 0.3) is 5.91 Å². The molecule has 144 valence electrons. The summed E-state index contributed by atoms with van der Waals surface area (Å²) in [6.45, 7) is 2.05. The van der Waals surface area contributed by atoms with E-state index in [1.165, 1.54) is 0 Å². The number of nitrogens with zero attached hydrogens (tertiary/aromatic N) is 1. The first-order valence-electron chi connectivity index (χ1n) is 8.98. The van der Waals surface area contributed by atoms with Crippen molar-refractivity contribution in [3.05, 3.63) is 72.1 Å². The molecule has 0 atom stereocenters. The number of hydrogen-bond donors (Lipinski definition) is 2. The van der Waals surface area contributed by atoms with E-state index in [0.717, 1.165) is 23.4 Å². The lowest BCUT2D eigenvalue weighted by Crippen LogP contribution is -2.13. The number of amides is 1. The Bertz CT molecular complexity index is 973. The quantitative estimate of drug-likeness (QED) is 0.627. The number of pyridine rings is 1. The molecule has 0 bridgehead atoms. The molecule has 3 rings (SSSR count). The predicted molar refractivity (Wildman–Crippen MR) is 111 cm³/mol. The Hall–Kier alpha value is -3.54. The molecule has 1 amide bonds. The third-order valence-electron chi connectivity index (χ3n) is 4.33. The van der Waals surface area contributed by atoms with Gasteiger partial charge in [0.2, 0.25) is 0 Å². The monoisotopic (exact) mass is 377 g/mol. The highest BCUT2D eigenvalue weighted by atomic mass is 16.5. The summed E-state index contributed by atoms with van der Waals surface area (Å²) in [5.41, 5.74) is 3.79. The van der Waals surface area contributed by atoms with Crippen molar-refractivity contribution >= 4 is 23.0 Å². The van der Waals surface area contributed by atoms with Crippen molar-refractivity contribution in [2.24, 2.45) is 0 Å². The first kappa shape index (κ1) is 19.2. The Labute approximate surface area is 164 Å². The summed E-state index contributed by atoms with van der Waals surface area (Å²) in [5, 5.41) is 6.19. The van der Waals surface area contributed by atoms with Crippen LogP contribution in [0.1, 0.15) is 22.8 Å². The molecule has 2 aromatic carbocycles. The second-order valence-electron chi connectivity index (χ2n) is 6.12. The van der Waals surface area contributed by atoms with Crippen LogP contribution in [0.15, 0.2) is 60.9 Å². The Kier molecular flexibility index (Phi) is 6.11. The SMILES string of the molecule is CCc1ccccc1NC(=O)c1cncc(Nc2ccc(OC)cc2OC)c1. The molecule has 0 fully saturated rings. The maximum Gasteiger partial charge on any atom is 0.257 e. The zero-order valence-electron chi connectivity index (χ0n) is 16.2. The molecule has 0 aliphatic heterocycles. The molecular formula is C22H23N3O3. The zero-order valence-corrected chi connectivity index (χ0v) is 16.2. The summed E-state index contributed by atoms with van der Waals surface area (Å²) in [6, 6.07) is 15.0. The minimum absolute atomic E-state index is 0.209. The van der Waals surface area contributed by atoms with Crippen LogP contribution < -0.4 is 20.1 Å². The highest BCUT2D eigenvalue weighted by molar-refractivity contribution is 6.05. The Morgan fingerprint density at radius 2 is 1.82 bits per heavy atom. The van der Waals surface area contributed by atoms with Gasteiger partial charge in [-0.15, -0.1) is 0 Å². The third kappa shape index (κ3) is 4.40. The highest BCUT2D eigenvalue weighted by Gasteiger charge is 2.11. The summed E-state index contributed by atoms with van der Waals surface area (Å²) in [6.07, 6.45) is 4.04. The van der Waals surface area contributed by atoms with Crippen LogP contribution in [0.4, 0.5) is 17.1 Å². The van der Waals surface area contributed by atoms with Gasteiger partial charge in [0.05, 0.1) is 37.4 Å². The average Bonchev–Trinajstić information content (AvgIpc) is 2.74. The van der Waals surface area contributed by atoms with Gasteiger partial charge in [-0.2, -0.15) is 0 Å². The number of anilines is 3. The van der Waals surface area contributed by atoms with Crippen molar-refractivity contribution in [3.8, 4) is 11.5 Å². The molecule has 1 aromatic heterocycles. The van der Waals surface area contributed by atoms with Gasteiger partial charge in [-0.3, -0.25) is 9.78 Å². The molecule has 1 heterocycles. The van der Waals surface area contributed by atoms with Crippen LogP contribution in [0.25, 0.3) is 0 Å². The third-order valence-corrected chi connectivity index (χ3v) is 4.33. The van der Waals surface area contributed by atoms with Crippen molar-refractivity contribution in [3.63, 3.8) is 0 Å². The van der Waals surface area contributed by atoms with E-state index in [1.807, 2.05) is 36.4 Å². The summed E-state index contributed by atoms with van der Waals surface area (Å²) < 4.78 is 10.6. The fourth-order valence-corrected chi connectivity index (χ4v) is 2.83. The lowest BCUT2D eigenvalue weighted by atomic mass is 10.1. The molecule has 6 heteroatoms. The minimum Gasteiger partial charge on any atom is -0.497 e. The minimum atomic E-state index is -0.209. The van der Waals surface area contributed by atoms with E-state index in [4.69, 9.17) is 9.47 Å². The van der Waals surface area contributed by atoms with E-state index in [0.29, 0.717) is 22.7 Å². The van der Waals surface area contributed by atoms with Crippen molar-refractivity contribution in [1.82, 2.24) is 4.98 Å². The lowest BCUT2D eigenvalue weighted by molar-refractivity contribution is 0.102. The number of rotatable bonds is 7. The van der Waals surface area contributed by atoms with Gasteiger partial charge in [0.15, 0.2) is 0 Å². The Balaban J connectivity index is 1.80. The molecule has 28 heavy (non-hydrogen) atoms. The van der Waals surface area contributed by atoms with Gasteiger partial charge in [0, 0.05) is 18.0 Å². The van der Waals surface area contributed by atoms with Crippen LogP contribution >= 0.6 is 0 Å². The van der Waals surface area contributed by atoms with Crippen molar-refractivity contribution in [2.45, 2.75) is 13.3 Å². The normalized spacial score (nSPS) is 10.2. The number of hydrogen-bond acceptors (Lipinski definition) is 5. The lowest BCUT2D eigenvalue weighted by Gasteiger charge is -2.13. The number of aryl methyl sites for hydroxylation is 1. The van der Waals surface area contributed by atoms with Crippen LogP contribution in [0.5, 0.6) is 11.5 Å². The molecular weight excluding hydrogens is 354 g/mol. The van der Waals surface area contributed by atoms with Gasteiger partial charge >= 0.3 is 0 Å². The van der Waals surface area contributed by atoms with Crippen LogP contribution in [0.2, 0.25) is 0 Å². The molecule has 0 saturated heterocycles. The predicted octanol–water partition coefficient (Wildman–Crippen LogP) is 4.66. The van der Waals surface area contributed by atoms with E-state index >= 15 is 0 Å². The molecule has 6 nitrogen and oxygen atoms in total. The smallest absolute Gasteiger partial charge is 0.257 e. The van der Waals surface area contributed by atoms with Crippen LogP contribution in [-0.2, 0) is 6.42 Å². The van der Waals surface area contributed by atoms with Gasteiger partial charge in [-0.1, -0.05) is 25.1 Å². The Morgan fingerprint density at radius 3 is 2.57 bits per heavy atom. The fraction of sp³-hybridized carbons (Fsp3) is 0.182. The standard InChI is InChI=1S/C22H23N3O3/c1-4-15-7-5-6-8-19(15)25-22(26)16-11-17(14-23-13-16)24-20-10-9-18(27-2)12-21(20)28-3/h5-14,24H,4H2,1-3H3,(H,25,26). The van der Waals surface area contributed by atoms with Crippen LogP contribution in [0.3, 0.4) is 0 Å². The number of para-hydroxylation sites is 1. The Morgan fingerprint density at radius 1 is 1.00 bits per heavy atom. The molecule has 0 aliphatic carbocycles. The first-order valence-corrected chi connectivity index (χ1v) is 8.98. The van der Waals surface area contributed by atoms with Crippen molar-refractivity contribution in [1.29, 1.82) is 0 Å². The zero-order chi connectivity index (χ0) is 19.9. The number of aromatic nitrogens is 1. The molecule has 2 N–H and O–H groups in total. The number of ether oxygens (including phenoxy) is 2. The number of nitrogens with one attached hydrogen (secondary N) is 2. The molecule has 0 spiro atoms. The number of carbonyl (C=O) groups is 1. The van der Waals surface area contributed by atoms with Crippen molar-refractivity contribution < 1.29 is 14.3 Å². The maximum atomic E-state index is 12.7. The summed E-state index contributed by atoms with van der Waals surface area (Å²) in [4.78, 5) is 16.9. The maximum absolute atomic E-state index is 12.7. The molecule has 3 aromatic rings. The van der Waals surface area contributed by atoms with Crippen molar-refractivity contribution in [2.75, 3.05) is 24.9 Å². The molecule has 0 saturated carbocycles. The summed E-state index contributed by atoms with van der Waals surface area (Å²) in [5.74, 6) is 1.12. The van der Waals surface area contributed by atoms with Crippen LogP contribution in [0, 0.1) is 0 Å². The van der Waals surface area contributed by atoms with E-state index in [2.05, 4.69) is 22.5 Å². The number of benzene rings is 2. The fourth-order valence-electron chi connectivity index (χ4n) is 2.83. The van der Waals surface area contributed by atoms with Gasteiger partial charge in [0.1, 0.15) is 11.5 Å². The van der Waals surface area contributed by atoms with Gasteiger partial charge < -0.3 is 20.1 Å². The molecule has 0 radical (unpaired) electrons. The van der Waals surface area contributed by atoms with E-state index < -0.39 is 0 Å². The molecule has 0 aliphatic rings. The summed E-state index contributed by atoms with van der Waals surface area (Å²) in [7, 11) is 3.19. The van der Waals surface area contributed by atoms with E-state index in [9.17, 15) is 4.79 Å². The first-order chi connectivity index (χ1) is 13.6. The highest BCUT2D eigenvalue weighted by Crippen LogP contribution is 2.31. The van der Waals surface area contributed by atoms with Gasteiger partial charge in [-0.25, -0.2) is 0 Å². The number of methoxy groups -OCH3 is 2.